The van der Waals surface area contributed by atoms with Gasteiger partial charge in [0.05, 0.1) is 0 Å². The van der Waals surface area contributed by atoms with E-state index in [9.17, 15) is 5.11 Å². The van der Waals surface area contributed by atoms with Crippen molar-refractivity contribution in [3.05, 3.63) is 29.8 Å². The molecule has 0 aliphatic heterocycles. The molecular weight excluding hydrogens is 214 g/mol. The Kier molecular flexibility index (Phi) is 6.01. The van der Waals surface area contributed by atoms with Gasteiger partial charge < -0.3 is 15.5 Å². The molecule has 3 nitrogen and oxygen atoms in total. The van der Waals surface area contributed by atoms with Gasteiger partial charge >= 0.3 is 0 Å². The monoisotopic (exact) mass is 237 g/mol. The first-order chi connectivity index (χ1) is 8.13. The number of nitrogens with one attached hydrogen (secondary N) is 1. The maximum absolute atomic E-state index is 9.20. The van der Waals surface area contributed by atoms with E-state index in [-0.39, 0.29) is 6.61 Å². The zero-order valence-electron chi connectivity index (χ0n) is 10.7. The highest BCUT2D eigenvalue weighted by molar-refractivity contribution is 5.27. The Balaban J connectivity index is 2.25. The predicted octanol–water partition coefficient (Wildman–Crippen LogP) is 2.45. The van der Waals surface area contributed by atoms with E-state index >= 15 is 0 Å². The summed E-state index contributed by atoms with van der Waals surface area (Å²) in [5.74, 6) is 0.693. The van der Waals surface area contributed by atoms with E-state index in [1.54, 1.807) is 12.1 Å². The van der Waals surface area contributed by atoms with Crippen LogP contribution in [0.1, 0.15) is 38.3 Å². The second-order valence-electron chi connectivity index (χ2n) is 4.70. The van der Waals surface area contributed by atoms with Crippen LogP contribution in [0.25, 0.3) is 0 Å². The lowest BCUT2D eigenvalue weighted by atomic mass is 10.1. The molecule has 0 amide bonds. The average Bonchev–Trinajstić information content (AvgIpc) is 2.34. The van der Waals surface area contributed by atoms with Gasteiger partial charge in [0, 0.05) is 12.6 Å². The first-order valence-corrected chi connectivity index (χ1v) is 6.26. The minimum atomic E-state index is 0.271. The lowest BCUT2D eigenvalue weighted by molar-refractivity contribution is 0.227. The molecule has 0 bridgehead atoms. The molecule has 2 atom stereocenters. The Labute approximate surface area is 103 Å². The fourth-order valence-electron chi connectivity index (χ4n) is 1.74. The summed E-state index contributed by atoms with van der Waals surface area (Å²) in [6.07, 6.45) is 2.12. The summed E-state index contributed by atoms with van der Waals surface area (Å²) in [7, 11) is 0. The highest BCUT2D eigenvalue weighted by Gasteiger charge is 2.05. The van der Waals surface area contributed by atoms with Crippen molar-refractivity contribution in [3.63, 3.8) is 0 Å². The third-order valence-corrected chi connectivity index (χ3v) is 3.03. The Bertz CT molecular complexity index is 311. The Morgan fingerprint density at radius 1 is 1.18 bits per heavy atom. The van der Waals surface area contributed by atoms with Crippen molar-refractivity contribution in [2.24, 2.45) is 5.92 Å². The van der Waals surface area contributed by atoms with Gasteiger partial charge in [0.1, 0.15) is 5.75 Å². The van der Waals surface area contributed by atoms with Gasteiger partial charge in [-0.1, -0.05) is 19.1 Å². The van der Waals surface area contributed by atoms with Crippen molar-refractivity contribution < 1.29 is 10.2 Å². The number of aromatic hydroxyl groups is 1. The van der Waals surface area contributed by atoms with Crippen LogP contribution in [0.4, 0.5) is 0 Å². The SMILES string of the molecule is CC(CO)CCCNC(C)c1ccc(O)cc1. The molecule has 1 aromatic carbocycles. The summed E-state index contributed by atoms with van der Waals surface area (Å²) in [6.45, 7) is 5.39. The molecule has 1 aromatic rings. The van der Waals surface area contributed by atoms with Gasteiger partial charge in [-0.25, -0.2) is 0 Å². The molecule has 3 heteroatoms. The molecule has 0 saturated carbocycles. The molecule has 0 aliphatic carbocycles. The first-order valence-electron chi connectivity index (χ1n) is 6.26. The number of rotatable bonds is 7. The minimum absolute atomic E-state index is 0.271. The van der Waals surface area contributed by atoms with E-state index in [0.29, 0.717) is 17.7 Å². The highest BCUT2D eigenvalue weighted by Crippen LogP contribution is 2.16. The standard InChI is InChI=1S/C14H23NO2/c1-11(10-16)4-3-9-15-12(2)13-5-7-14(17)8-6-13/h5-8,11-12,15-17H,3-4,9-10H2,1-2H3. The topological polar surface area (TPSA) is 52.5 Å². The number of phenols is 1. The van der Waals surface area contributed by atoms with Crippen LogP contribution in [0, 0.1) is 5.92 Å². The molecule has 96 valence electrons. The van der Waals surface area contributed by atoms with E-state index in [0.717, 1.165) is 19.4 Å². The second-order valence-corrected chi connectivity index (χ2v) is 4.70. The fourth-order valence-corrected chi connectivity index (χ4v) is 1.74. The van der Waals surface area contributed by atoms with Gasteiger partial charge in [-0.15, -0.1) is 0 Å². The summed E-state index contributed by atoms with van der Waals surface area (Å²) in [5, 5.41) is 21.5. The molecule has 0 saturated heterocycles. The number of benzene rings is 1. The number of aliphatic hydroxyl groups is 1. The largest absolute Gasteiger partial charge is 0.508 e. The van der Waals surface area contributed by atoms with Crippen LogP contribution in [0.15, 0.2) is 24.3 Å². The van der Waals surface area contributed by atoms with E-state index in [4.69, 9.17) is 5.11 Å². The van der Waals surface area contributed by atoms with Crippen LogP contribution in [0.2, 0.25) is 0 Å². The van der Waals surface area contributed by atoms with Crippen LogP contribution in [0.5, 0.6) is 5.75 Å². The molecule has 0 spiro atoms. The summed E-state index contributed by atoms with van der Waals surface area (Å²) < 4.78 is 0. The predicted molar refractivity (Wildman–Crippen MR) is 70.0 cm³/mol. The molecule has 0 radical (unpaired) electrons. The van der Waals surface area contributed by atoms with Gasteiger partial charge in [-0.3, -0.25) is 0 Å². The summed E-state index contributed by atoms with van der Waals surface area (Å²) in [5.41, 5.74) is 1.18. The van der Waals surface area contributed by atoms with Crippen molar-refractivity contribution in [2.45, 2.75) is 32.7 Å². The zero-order valence-corrected chi connectivity index (χ0v) is 10.7. The van der Waals surface area contributed by atoms with Gasteiger partial charge in [0.2, 0.25) is 0 Å². The zero-order chi connectivity index (χ0) is 12.7. The summed E-state index contributed by atoms with van der Waals surface area (Å²) in [4.78, 5) is 0. The first kappa shape index (κ1) is 14.0. The van der Waals surface area contributed by atoms with Gasteiger partial charge in [-0.05, 0) is 49.9 Å². The third-order valence-electron chi connectivity index (χ3n) is 3.03. The van der Waals surface area contributed by atoms with Crippen LogP contribution < -0.4 is 5.32 Å². The quantitative estimate of drug-likeness (QED) is 0.638. The van der Waals surface area contributed by atoms with Gasteiger partial charge in [-0.2, -0.15) is 0 Å². The Hall–Kier alpha value is -1.06. The summed E-state index contributed by atoms with van der Waals surface area (Å²) >= 11 is 0. The van der Waals surface area contributed by atoms with Crippen molar-refractivity contribution in [2.75, 3.05) is 13.2 Å². The molecule has 0 fully saturated rings. The van der Waals surface area contributed by atoms with Crippen molar-refractivity contribution in [1.29, 1.82) is 0 Å². The van der Waals surface area contributed by atoms with Crippen LogP contribution in [0.3, 0.4) is 0 Å². The van der Waals surface area contributed by atoms with E-state index in [1.165, 1.54) is 5.56 Å². The average molecular weight is 237 g/mol. The second kappa shape index (κ2) is 7.30. The number of hydrogen-bond acceptors (Lipinski definition) is 3. The molecule has 1 rings (SSSR count). The number of phenolic OH excluding ortho intramolecular Hbond substituents is 1. The van der Waals surface area contributed by atoms with E-state index < -0.39 is 0 Å². The number of aliphatic hydroxyl groups excluding tert-OH is 1. The molecule has 17 heavy (non-hydrogen) atoms. The van der Waals surface area contributed by atoms with Crippen LogP contribution in [-0.2, 0) is 0 Å². The molecule has 3 N–H and O–H groups in total. The van der Waals surface area contributed by atoms with Gasteiger partial charge in [0.25, 0.3) is 0 Å². The Morgan fingerprint density at radius 3 is 2.41 bits per heavy atom. The van der Waals surface area contributed by atoms with Crippen molar-refractivity contribution in [3.8, 4) is 5.75 Å². The maximum Gasteiger partial charge on any atom is 0.115 e. The molecule has 0 aliphatic rings. The van der Waals surface area contributed by atoms with Crippen LogP contribution in [-0.4, -0.2) is 23.4 Å². The molecular formula is C14H23NO2. The fraction of sp³-hybridized carbons (Fsp3) is 0.571. The normalized spacial score (nSPS) is 14.5. The van der Waals surface area contributed by atoms with E-state index in [2.05, 4.69) is 19.2 Å². The van der Waals surface area contributed by atoms with E-state index in [1.807, 2.05) is 12.1 Å². The highest BCUT2D eigenvalue weighted by atomic mass is 16.3. The lowest BCUT2D eigenvalue weighted by Gasteiger charge is -2.15. The Morgan fingerprint density at radius 2 is 1.82 bits per heavy atom. The van der Waals surface area contributed by atoms with Crippen LogP contribution >= 0.6 is 0 Å². The van der Waals surface area contributed by atoms with Gasteiger partial charge in [0.15, 0.2) is 0 Å². The van der Waals surface area contributed by atoms with Crippen molar-refractivity contribution >= 4 is 0 Å². The minimum Gasteiger partial charge on any atom is -0.508 e. The van der Waals surface area contributed by atoms with Crippen molar-refractivity contribution in [1.82, 2.24) is 5.32 Å². The number of hydrogen-bond donors (Lipinski definition) is 3. The summed E-state index contributed by atoms with van der Waals surface area (Å²) in [6, 6.07) is 7.58. The molecule has 2 unspecified atom stereocenters. The maximum atomic E-state index is 9.20. The molecule has 0 aromatic heterocycles. The molecule has 0 heterocycles. The lowest BCUT2D eigenvalue weighted by Crippen LogP contribution is -2.20. The smallest absolute Gasteiger partial charge is 0.115 e. The third kappa shape index (κ3) is 5.20.